The molecule has 0 spiro atoms. The van der Waals surface area contributed by atoms with Crippen LogP contribution in [0, 0.1) is 11.3 Å². The third kappa shape index (κ3) is 4.48. The Morgan fingerprint density at radius 2 is 2.16 bits per heavy atom. The van der Waals surface area contributed by atoms with E-state index in [1.165, 1.54) is 30.1 Å². The number of aromatic carboxylic acids is 1. The van der Waals surface area contributed by atoms with E-state index in [2.05, 4.69) is 5.32 Å². The van der Waals surface area contributed by atoms with Crippen LogP contribution in [0.1, 0.15) is 16.8 Å². The normalized spacial score (nSPS) is 9.53. The Morgan fingerprint density at radius 1 is 1.47 bits per heavy atom. The molecule has 0 aliphatic rings. The average molecular weight is 282 g/mol. The largest absolute Gasteiger partial charge is 0.478 e. The van der Waals surface area contributed by atoms with Gasteiger partial charge in [0.05, 0.1) is 18.1 Å². The number of amides is 2. The molecule has 0 saturated carbocycles. The number of benzene rings is 1. The summed E-state index contributed by atoms with van der Waals surface area (Å²) < 4.78 is 0. The lowest BCUT2D eigenvalue weighted by Gasteiger charge is -2.16. The molecule has 0 bridgehead atoms. The van der Waals surface area contributed by atoms with Crippen molar-refractivity contribution in [1.82, 2.24) is 4.90 Å². The zero-order valence-corrected chi connectivity index (χ0v) is 10.9. The second-order valence-corrected chi connectivity index (χ2v) is 4.23. The lowest BCUT2D eigenvalue weighted by atomic mass is 10.2. The van der Waals surface area contributed by atoms with Gasteiger partial charge in [0.25, 0.3) is 0 Å². The van der Waals surface area contributed by atoms with E-state index in [9.17, 15) is 9.59 Å². The Labute approximate surface area is 115 Å². The van der Waals surface area contributed by atoms with Crippen molar-refractivity contribution in [2.24, 2.45) is 0 Å². The molecule has 0 aromatic heterocycles. The molecule has 2 N–H and O–H groups in total. The molecule has 0 atom stereocenters. The molecule has 0 heterocycles. The summed E-state index contributed by atoms with van der Waals surface area (Å²) >= 11 is 5.77. The summed E-state index contributed by atoms with van der Waals surface area (Å²) in [6.45, 7) is 0.286. The zero-order chi connectivity index (χ0) is 14.4. The summed E-state index contributed by atoms with van der Waals surface area (Å²) in [6.07, 6.45) is 0.222. The minimum absolute atomic E-state index is 0.0116. The first kappa shape index (κ1) is 14.8. The van der Waals surface area contributed by atoms with Gasteiger partial charge < -0.3 is 15.3 Å². The lowest BCUT2D eigenvalue weighted by molar-refractivity contribution is 0.0697. The summed E-state index contributed by atoms with van der Waals surface area (Å²) in [5, 5.41) is 20.0. The first-order valence-electron chi connectivity index (χ1n) is 5.37. The highest BCUT2D eigenvalue weighted by Crippen LogP contribution is 2.19. The summed E-state index contributed by atoms with van der Waals surface area (Å²) in [5.41, 5.74) is 0.279. The highest BCUT2D eigenvalue weighted by Gasteiger charge is 2.11. The number of rotatable bonds is 4. The predicted octanol–water partition coefficient (Wildman–Crippen LogP) is 2.42. The Balaban J connectivity index is 2.79. The zero-order valence-electron chi connectivity index (χ0n) is 10.2. The number of carboxylic acid groups (broad SMARTS) is 1. The van der Waals surface area contributed by atoms with Gasteiger partial charge in [-0.15, -0.1) is 0 Å². The number of hydrogen-bond acceptors (Lipinski definition) is 3. The van der Waals surface area contributed by atoms with E-state index in [0.717, 1.165) is 0 Å². The third-order valence-corrected chi connectivity index (χ3v) is 2.52. The van der Waals surface area contributed by atoms with Crippen LogP contribution in [0.5, 0.6) is 0 Å². The van der Waals surface area contributed by atoms with Crippen LogP contribution in [0.25, 0.3) is 0 Å². The van der Waals surface area contributed by atoms with Crippen LogP contribution in [0.3, 0.4) is 0 Å². The van der Waals surface area contributed by atoms with Crippen LogP contribution >= 0.6 is 11.6 Å². The molecule has 1 rings (SSSR count). The summed E-state index contributed by atoms with van der Waals surface area (Å²) in [6, 6.07) is 5.54. The molecule has 100 valence electrons. The number of nitriles is 1. The van der Waals surface area contributed by atoms with Gasteiger partial charge >= 0.3 is 12.0 Å². The van der Waals surface area contributed by atoms with Gasteiger partial charge in [-0.2, -0.15) is 5.26 Å². The second kappa shape index (κ2) is 6.61. The Bertz CT molecular complexity index is 540. The van der Waals surface area contributed by atoms with Crippen molar-refractivity contribution in [3.63, 3.8) is 0 Å². The highest BCUT2D eigenvalue weighted by molar-refractivity contribution is 6.31. The van der Waals surface area contributed by atoms with Gasteiger partial charge in [0.1, 0.15) is 0 Å². The van der Waals surface area contributed by atoms with E-state index in [-0.39, 0.29) is 23.6 Å². The molecule has 7 heteroatoms. The van der Waals surface area contributed by atoms with Gasteiger partial charge in [-0.3, -0.25) is 0 Å². The topological polar surface area (TPSA) is 93.4 Å². The lowest BCUT2D eigenvalue weighted by Crippen LogP contribution is -2.32. The summed E-state index contributed by atoms with van der Waals surface area (Å²) in [7, 11) is 1.54. The SMILES string of the molecule is CN(CCC#N)C(=O)Nc1cc(Cl)cc(C(=O)O)c1. The van der Waals surface area contributed by atoms with E-state index in [4.69, 9.17) is 22.0 Å². The van der Waals surface area contributed by atoms with E-state index in [1.54, 1.807) is 0 Å². The molecule has 0 fully saturated rings. The minimum atomic E-state index is -1.13. The number of carbonyl (C=O) groups is 2. The fourth-order valence-electron chi connectivity index (χ4n) is 1.32. The van der Waals surface area contributed by atoms with Crippen molar-refractivity contribution in [2.45, 2.75) is 6.42 Å². The predicted molar refractivity (Wildman–Crippen MR) is 70.3 cm³/mol. The van der Waals surface area contributed by atoms with Crippen LogP contribution in [0.2, 0.25) is 5.02 Å². The molecular weight excluding hydrogens is 270 g/mol. The van der Waals surface area contributed by atoms with Crippen molar-refractivity contribution in [3.8, 4) is 6.07 Å². The van der Waals surface area contributed by atoms with E-state index >= 15 is 0 Å². The monoisotopic (exact) mass is 281 g/mol. The number of hydrogen-bond donors (Lipinski definition) is 2. The average Bonchev–Trinajstić information content (AvgIpc) is 2.34. The maximum absolute atomic E-state index is 11.7. The number of halogens is 1. The summed E-state index contributed by atoms with van der Waals surface area (Å²) in [5.74, 6) is -1.13. The van der Waals surface area contributed by atoms with Gasteiger partial charge in [0.2, 0.25) is 0 Å². The number of carboxylic acids is 1. The van der Waals surface area contributed by atoms with E-state index in [1.807, 2.05) is 6.07 Å². The van der Waals surface area contributed by atoms with Crippen LogP contribution < -0.4 is 5.32 Å². The molecular formula is C12H12ClN3O3. The Hall–Kier alpha value is -2.26. The van der Waals surface area contributed by atoms with Crippen LogP contribution in [0.15, 0.2) is 18.2 Å². The van der Waals surface area contributed by atoms with E-state index < -0.39 is 12.0 Å². The molecule has 2 amide bonds. The van der Waals surface area contributed by atoms with E-state index in [0.29, 0.717) is 5.69 Å². The molecule has 0 saturated heterocycles. The Morgan fingerprint density at radius 3 is 2.74 bits per heavy atom. The minimum Gasteiger partial charge on any atom is -0.478 e. The van der Waals surface area contributed by atoms with Crippen LogP contribution in [-0.2, 0) is 0 Å². The van der Waals surface area contributed by atoms with Crippen LogP contribution in [0.4, 0.5) is 10.5 Å². The maximum atomic E-state index is 11.7. The first-order chi connectivity index (χ1) is 8.93. The molecule has 0 aliphatic carbocycles. The standard InChI is InChI=1S/C12H12ClN3O3/c1-16(4-2-3-14)12(19)15-10-6-8(11(17)18)5-9(13)7-10/h5-7H,2,4H2,1H3,(H,15,19)(H,17,18). The maximum Gasteiger partial charge on any atom is 0.335 e. The van der Waals surface area contributed by atoms with Crippen molar-refractivity contribution >= 4 is 29.3 Å². The molecule has 0 radical (unpaired) electrons. The Kier molecular flexibility index (Phi) is 5.15. The molecule has 0 aliphatic heterocycles. The van der Waals surface area contributed by atoms with Crippen molar-refractivity contribution in [1.29, 1.82) is 5.26 Å². The number of nitrogens with one attached hydrogen (secondary N) is 1. The summed E-state index contributed by atoms with van der Waals surface area (Å²) in [4.78, 5) is 23.9. The number of nitrogens with zero attached hydrogens (tertiary/aromatic N) is 2. The smallest absolute Gasteiger partial charge is 0.335 e. The second-order valence-electron chi connectivity index (χ2n) is 3.79. The van der Waals surface area contributed by atoms with Gasteiger partial charge in [-0.05, 0) is 18.2 Å². The van der Waals surface area contributed by atoms with Crippen LogP contribution in [-0.4, -0.2) is 35.6 Å². The molecule has 1 aromatic carbocycles. The van der Waals surface area contributed by atoms with Crippen molar-refractivity contribution < 1.29 is 14.7 Å². The number of anilines is 1. The fourth-order valence-corrected chi connectivity index (χ4v) is 1.56. The quantitative estimate of drug-likeness (QED) is 0.886. The van der Waals surface area contributed by atoms with Gasteiger partial charge in [-0.25, -0.2) is 9.59 Å². The fraction of sp³-hybridized carbons (Fsp3) is 0.250. The number of urea groups is 1. The molecule has 6 nitrogen and oxygen atoms in total. The number of carbonyl (C=O) groups excluding carboxylic acids is 1. The molecule has 19 heavy (non-hydrogen) atoms. The van der Waals surface area contributed by atoms with Gasteiger partial charge in [0, 0.05) is 24.3 Å². The van der Waals surface area contributed by atoms with Crippen molar-refractivity contribution in [2.75, 3.05) is 18.9 Å². The molecule has 1 aromatic rings. The van der Waals surface area contributed by atoms with Crippen molar-refractivity contribution in [3.05, 3.63) is 28.8 Å². The molecule has 0 unspecified atom stereocenters. The van der Waals surface area contributed by atoms with Gasteiger partial charge in [0.15, 0.2) is 0 Å². The highest BCUT2D eigenvalue weighted by atomic mass is 35.5. The first-order valence-corrected chi connectivity index (χ1v) is 5.75. The van der Waals surface area contributed by atoms with Gasteiger partial charge in [-0.1, -0.05) is 11.6 Å². The third-order valence-electron chi connectivity index (χ3n) is 2.30.